The lowest BCUT2D eigenvalue weighted by Crippen LogP contribution is -2.25. The number of aromatic nitrogens is 2. The summed E-state index contributed by atoms with van der Waals surface area (Å²) in [7, 11) is 4.99. The molecule has 0 bridgehead atoms. The van der Waals surface area contributed by atoms with E-state index in [0.29, 0.717) is 17.2 Å². The second kappa shape index (κ2) is 4.80. The molecule has 0 spiro atoms. The van der Waals surface area contributed by atoms with Crippen LogP contribution in [0.25, 0.3) is 0 Å². The van der Waals surface area contributed by atoms with Gasteiger partial charge in [0.2, 0.25) is 0 Å². The van der Waals surface area contributed by atoms with Crippen LogP contribution in [0.2, 0.25) is 0 Å². The molecule has 2 aromatic rings. The van der Waals surface area contributed by atoms with Crippen LogP contribution in [0.4, 0.5) is 0 Å². The first-order valence-electron chi connectivity index (χ1n) is 6.62. The quantitative estimate of drug-likeness (QED) is 0.936. The van der Waals surface area contributed by atoms with Gasteiger partial charge in [0.25, 0.3) is 5.91 Å². The lowest BCUT2D eigenvalue weighted by Gasteiger charge is -2.23. The molecular weight excluding hydrogens is 270 g/mol. The number of carbonyl (C=O) groups excluding carboxylic acids is 1. The molecule has 21 heavy (non-hydrogen) atoms. The number of hydrogen-bond donors (Lipinski definition) is 1. The zero-order chi connectivity index (χ0) is 15.1. The molecule has 6 heteroatoms. The van der Waals surface area contributed by atoms with Crippen LogP contribution in [0.15, 0.2) is 18.2 Å². The highest BCUT2D eigenvalue weighted by Gasteiger charge is 2.40. The number of aromatic amines is 1. The molecule has 1 aliphatic heterocycles. The number of H-pyrrole nitrogens is 1. The Morgan fingerprint density at radius 3 is 2.71 bits per heavy atom. The normalized spacial score (nSPS) is 17.0. The highest BCUT2D eigenvalue weighted by atomic mass is 16.5. The average molecular weight is 287 g/mol. The van der Waals surface area contributed by atoms with E-state index in [1.54, 1.807) is 26.2 Å². The maximum Gasteiger partial charge on any atom is 0.275 e. The Morgan fingerprint density at radius 1 is 1.29 bits per heavy atom. The lowest BCUT2D eigenvalue weighted by molar-refractivity contribution is 0.0786. The molecule has 1 aliphatic rings. The van der Waals surface area contributed by atoms with Gasteiger partial charge in [-0.05, 0) is 19.1 Å². The summed E-state index contributed by atoms with van der Waals surface area (Å²) < 4.78 is 10.7. The molecule has 1 N–H and O–H groups in total. The number of fused-ring (bicyclic) bond motifs is 1. The van der Waals surface area contributed by atoms with Gasteiger partial charge in [-0.2, -0.15) is 5.10 Å². The third kappa shape index (κ3) is 1.86. The Kier molecular flexibility index (Phi) is 3.08. The zero-order valence-corrected chi connectivity index (χ0v) is 12.4. The predicted molar refractivity (Wildman–Crippen MR) is 76.8 cm³/mol. The number of carbonyl (C=O) groups is 1. The van der Waals surface area contributed by atoms with Gasteiger partial charge in [-0.3, -0.25) is 9.89 Å². The molecule has 1 atom stereocenters. The van der Waals surface area contributed by atoms with Crippen LogP contribution in [0.3, 0.4) is 0 Å². The molecule has 1 aromatic carbocycles. The highest BCUT2D eigenvalue weighted by Crippen LogP contribution is 2.42. The third-order valence-electron chi connectivity index (χ3n) is 3.91. The molecule has 0 fully saturated rings. The van der Waals surface area contributed by atoms with E-state index in [9.17, 15) is 4.79 Å². The summed E-state index contributed by atoms with van der Waals surface area (Å²) in [6, 6.07) is 5.41. The molecule has 0 aliphatic carbocycles. The summed E-state index contributed by atoms with van der Waals surface area (Å²) in [4.78, 5) is 14.0. The van der Waals surface area contributed by atoms with Crippen LogP contribution < -0.4 is 9.47 Å². The van der Waals surface area contributed by atoms with E-state index in [1.165, 1.54) is 0 Å². The maximum absolute atomic E-state index is 12.3. The first kappa shape index (κ1) is 13.5. The fraction of sp³-hybridized carbons (Fsp3) is 0.333. The Morgan fingerprint density at radius 2 is 2.05 bits per heavy atom. The fourth-order valence-corrected chi connectivity index (χ4v) is 2.82. The third-order valence-corrected chi connectivity index (χ3v) is 3.91. The van der Waals surface area contributed by atoms with Crippen LogP contribution in [0, 0.1) is 6.92 Å². The SMILES string of the molecule is COc1ccc(C2c3c(n[nH]c3C)C(=O)N2C)c(OC)c1. The predicted octanol–water partition coefficient (Wildman–Crippen LogP) is 1.91. The van der Waals surface area contributed by atoms with Crippen molar-refractivity contribution >= 4 is 5.91 Å². The number of nitrogens with zero attached hydrogens (tertiary/aromatic N) is 2. The Balaban J connectivity index is 2.16. The van der Waals surface area contributed by atoms with Crippen LogP contribution in [-0.2, 0) is 0 Å². The molecular formula is C15H17N3O3. The monoisotopic (exact) mass is 287 g/mol. The number of benzene rings is 1. The van der Waals surface area contributed by atoms with Crippen LogP contribution >= 0.6 is 0 Å². The van der Waals surface area contributed by atoms with E-state index < -0.39 is 0 Å². The van der Waals surface area contributed by atoms with E-state index in [4.69, 9.17) is 9.47 Å². The van der Waals surface area contributed by atoms with Gasteiger partial charge in [0.1, 0.15) is 11.5 Å². The van der Waals surface area contributed by atoms with Crippen LogP contribution in [-0.4, -0.2) is 42.3 Å². The summed E-state index contributed by atoms with van der Waals surface area (Å²) in [5.41, 5.74) is 3.20. The maximum atomic E-state index is 12.3. The van der Waals surface area contributed by atoms with Crippen molar-refractivity contribution in [1.29, 1.82) is 0 Å². The minimum atomic E-state index is -0.202. The van der Waals surface area contributed by atoms with Crippen molar-refractivity contribution in [3.63, 3.8) is 0 Å². The minimum absolute atomic E-state index is 0.0859. The van der Waals surface area contributed by atoms with Gasteiger partial charge in [0, 0.05) is 29.9 Å². The molecule has 110 valence electrons. The van der Waals surface area contributed by atoms with Crippen molar-refractivity contribution in [2.24, 2.45) is 0 Å². The van der Waals surface area contributed by atoms with Crippen molar-refractivity contribution in [3.05, 3.63) is 40.7 Å². The van der Waals surface area contributed by atoms with Gasteiger partial charge in [-0.25, -0.2) is 0 Å². The van der Waals surface area contributed by atoms with E-state index in [0.717, 1.165) is 16.8 Å². The van der Waals surface area contributed by atoms with Crippen LogP contribution in [0.5, 0.6) is 11.5 Å². The molecule has 1 amide bonds. The molecule has 3 rings (SSSR count). The van der Waals surface area contributed by atoms with Crippen molar-refractivity contribution in [1.82, 2.24) is 15.1 Å². The van der Waals surface area contributed by atoms with Gasteiger partial charge in [-0.15, -0.1) is 0 Å². The number of ether oxygens (including phenoxy) is 2. The van der Waals surface area contributed by atoms with E-state index in [-0.39, 0.29) is 11.9 Å². The van der Waals surface area contributed by atoms with Gasteiger partial charge in [0.05, 0.1) is 20.3 Å². The number of aryl methyl sites for hydroxylation is 1. The van der Waals surface area contributed by atoms with Crippen LogP contribution in [0.1, 0.15) is 33.4 Å². The minimum Gasteiger partial charge on any atom is -0.497 e. The number of methoxy groups -OCH3 is 2. The van der Waals surface area contributed by atoms with Gasteiger partial charge < -0.3 is 14.4 Å². The zero-order valence-electron chi connectivity index (χ0n) is 12.4. The Hall–Kier alpha value is -2.50. The molecule has 6 nitrogen and oxygen atoms in total. The number of hydrogen-bond acceptors (Lipinski definition) is 4. The standard InChI is InChI=1S/C15H17N3O3/c1-8-12-13(17-16-8)15(19)18(2)14(12)10-6-5-9(20-3)7-11(10)21-4/h5-7,14H,1-4H3,(H,16,17). The average Bonchev–Trinajstić information content (AvgIpc) is 2.99. The second-order valence-corrected chi connectivity index (χ2v) is 5.04. The number of rotatable bonds is 3. The van der Waals surface area contributed by atoms with Gasteiger partial charge in [0.15, 0.2) is 5.69 Å². The van der Waals surface area contributed by atoms with E-state index in [1.807, 2.05) is 25.1 Å². The molecule has 1 unspecified atom stereocenters. The topological polar surface area (TPSA) is 67.5 Å². The summed E-state index contributed by atoms with van der Waals surface area (Å²) >= 11 is 0. The van der Waals surface area contributed by atoms with Crippen molar-refractivity contribution in [2.45, 2.75) is 13.0 Å². The summed E-state index contributed by atoms with van der Waals surface area (Å²) in [5.74, 6) is 1.32. The van der Waals surface area contributed by atoms with Gasteiger partial charge >= 0.3 is 0 Å². The largest absolute Gasteiger partial charge is 0.497 e. The number of amides is 1. The summed E-state index contributed by atoms with van der Waals surface area (Å²) in [5, 5.41) is 7.00. The van der Waals surface area contributed by atoms with E-state index >= 15 is 0 Å². The Labute approximate surface area is 122 Å². The molecule has 1 aromatic heterocycles. The number of nitrogens with one attached hydrogen (secondary N) is 1. The fourth-order valence-electron chi connectivity index (χ4n) is 2.82. The van der Waals surface area contributed by atoms with Crippen molar-refractivity contribution < 1.29 is 14.3 Å². The first-order valence-corrected chi connectivity index (χ1v) is 6.62. The molecule has 0 radical (unpaired) electrons. The Bertz CT molecular complexity index is 708. The van der Waals surface area contributed by atoms with Crippen molar-refractivity contribution in [3.8, 4) is 11.5 Å². The second-order valence-electron chi connectivity index (χ2n) is 5.04. The summed E-state index contributed by atoms with van der Waals surface area (Å²) in [6.07, 6.45) is 0. The van der Waals surface area contributed by atoms with E-state index in [2.05, 4.69) is 10.2 Å². The molecule has 0 saturated carbocycles. The smallest absolute Gasteiger partial charge is 0.275 e. The van der Waals surface area contributed by atoms with Gasteiger partial charge in [-0.1, -0.05) is 0 Å². The highest BCUT2D eigenvalue weighted by molar-refractivity contribution is 5.98. The van der Waals surface area contributed by atoms with Crippen molar-refractivity contribution in [2.75, 3.05) is 21.3 Å². The molecule has 0 saturated heterocycles. The summed E-state index contributed by atoms with van der Waals surface area (Å²) in [6.45, 7) is 1.92. The lowest BCUT2D eigenvalue weighted by atomic mass is 9.98. The molecule has 2 heterocycles. The first-order chi connectivity index (χ1) is 10.1.